The molecule has 0 saturated heterocycles. The van der Waals surface area contributed by atoms with E-state index in [1.54, 1.807) is 30.3 Å². The van der Waals surface area contributed by atoms with Crippen molar-refractivity contribution >= 4 is 43.5 Å². The second kappa shape index (κ2) is 8.48. The normalized spacial score (nSPS) is 11.5. The number of sulfonamides is 1. The summed E-state index contributed by atoms with van der Waals surface area (Å²) in [5.74, 6) is -1.64. The zero-order valence-corrected chi connectivity index (χ0v) is 19.5. The molecule has 0 bridgehead atoms. The van der Waals surface area contributed by atoms with E-state index < -0.39 is 21.8 Å². The Balaban J connectivity index is 1.58. The van der Waals surface area contributed by atoms with Gasteiger partial charge >= 0.3 is 5.97 Å². The second-order valence-corrected chi connectivity index (χ2v) is 10.0. The van der Waals surface area contributed by atoms with Crippen LogP contribution in [0.2, 0.25) is 0 Å². The number of benzene rings is 3. The molecule has 2 aromatic heterocycles. The van der Waals surface area contributed by atoms with E-state index in [-0.39, 0.29) is 10.6 Å². The summed E-state index contributed by atoms with van der Waals surface area (Å²) in [6, 6.07) is 19.6. The minimum atomic E-state index is -3.88. The lowest BCUT2D eigenvalue weighted by Gasteiger charge is -2.20. The van der Waals surface area contributed by atoms with Crippen molar-refractivity contribution in [2.45, 2.75) is 4.90 Å². The van der Waals surface area contributed by atoms with Crippen molar-refractivity contribution in [3.05, 3.63) is 89.9 Å². The smallest absolute Gasteiger partial charge is 0.354 e. The number of nitrogens with one attached hydrogen (secondary N) is 1. The predicted molar refractivity (Wildman–Crippen MR) is 133 cm³/mol. The fourth-order valence-corrected chi connectivity index (χ4v) is 5.21. The number of hydrogen-bond acceptors (Lipinski definition) is 5. The Morgan fingerprint density at radius 3 is 2.36 bits per heavy atom. The zero-order chi connectivity index (χ0) is 25.6. The lowest BCUT2D eigenvalue weighted by Crippen LogP contribution is -2.26. The number of carbonyl (C=O) groups is 1. The molecular formula is C26H17FN4O4S. The van der Waals surface area contributed by atoms with Crippen LogP contribution < -0.4 is 4.31 Å². The molecule has 8 nitrogen and oxygen atoms in total. The minimum Gasteiger partial charge on any atom is -0.477 e. The van der Waals surface area contributed by atoms with Crippen molar-refractivity contribution in [1.29, 1.82) is 5.26 Å². The van der Waals surface area contributed by atoms with Crippen molar-refractivity contribution in [3.63, 3.8) is 0 Å². The summed E-state index contributed by atoms with van der Waals surface area (Å²) in [6.45, 7) is 0. The fraction of sp³-hybridized carbons (Fsp3) is 0.0385. The average molecular weight is 501 g/mol. The highest BCUT2D eigenvalue weighted by atomic mass is 32.2. The molecule has 0 saturated carbocycles. The third-order valence-electron chi connectivity index (χ3n) is 5.92. The maximum Gasteiger partial charge on any atom is 0.354 e. The molecule has 2 heterocycles. The number of fused-ring (bicyclic) bond motifs is 3. The first-order valence-corrected chi connectivity index (χ1v) is 12.1. The lowest BCUT2D eigenvalue weighted by molar-refractivity contribution is 0.0691. The molecule has 0 aliphatic carbocycles. The molecule has 0 spiro atoms. The van der Waals surface area contributed by atoms with E-state index in [4.69, 9.17) is 5.26 Å². The number of aromatic carboxylic acids is 1. The summed E-state index contributed by atoms with van der Waals surface area (Å²) >= 11 is 0. The molecule has 5 aromatic rings. The highest BCUT2D eigenvalue weighted by Crippen LogP contribution is 2.34. The predicted octanol–water partition coefficient (Wildman–Crippen LogP) is 4.92. The van der Waals surface area contributed by atoms with E-state index in [0.717, 1.165) is 4.31 Å². The van der Waals surface area contributed by atoms with Gasteiger partial charge in [-0.05, 0) is 60.7 Å². The molecule has 0 aliphatic rings. The number of anilines is 1. The van der Waals surface area contributed by atoms with Crippen LogP contribution in [0.5, 0.6) is 0 Å². The van der Waals surface area contributed by atoms with Crippen LogP contribution in [0.25, 0.3) is 33.1 Å². The number of hydrogen-bond donors (Lipinski definition) is 2. The first-order chi connectivity index (χ1) is 17.2. The van der Waals surface area contributed by atoms with Crippen LogP contribution >= 0.6 is 0 Å². The Hall–Kier alpha value is -4.75. The number of H-pyrrole nitrogens is 1. The molecule has 5 rings (SSSR count). The topological polar surface area (TPSA) is 127 Å². The third kappa shape index (κ3) is 3.81. The van der Waals surface area contributed by atoms with Crippen molar-refractivity contribution < 1.29 is 22.7 Å². The molecule has 178 valence electrons. The summed E-state index contributed by atoms with van der Waals surface area (Å²) in [7, 11) is -2.47. The van der Waals surface area contributed by atoms with Crippen LogP contribution in [0.1, 0.15) is 16.1 Å². The number of aromatic nitrogens is 2. The fourth-order valence-electron chi connectivity index (χ4n) is 4.02. The molecule has 0 atom stereocenters. The highest BCUT2D eigenvalue weighted by Gasteiger charge is 2.22. The van der Waals surface area contributed by atoms with Gasteiger partial charge in [0, 0.05) is 28.9 Å². The first kappa shape index (κ1) is 23.0. The molecule has 0 radical (unpaired) electrons. The van der Waals surface area contributed by atoms with Gasteiger partial charge in [-0.1, -0.05) is 12.1 Å². The van der Waals surface area contributed by atoms with Crippen molar-refractivity contribution in [2.24, 2.45) is 0 Å². The van der Waals surface area contributed by atoms with Crippen LogP contribution in [0, 0.1) is 17.1 Å². The standard InChI is InChI=1S/C26H17FN4O4S/c1-31(36(34,35)19-9-2-15(14-28)3-10-19)18-7-4-16(5-8-18)24-25-21(13-23(30-24)26(32)33)20-11-6-17(27)12-22(20)29-25/h2-13,29H,1H3,(H,32,33). The van der Waals surface area contributed by atoms with Crippen molar-refractivity contribution in [2.75, 3.05) is 11.4 Å². The van der Waals surface area contributed by atoms with Gasteiger partial charge in [-0.15, -0.1) is 0 Å². The van der Waals surface area contributed by atoms with E-state index in [9.17, 15) is 22.7 Å². The van der Waals surface area contributed by atoms with Crippen LogP contribution in [-0.2, 0) is 10.0 Å². The maximum atomic E-state index is 13.8. The summed E-state index contributed by atoms with van der Waals surface area (Å²) in [5, 5.41) is 19.8. The van der Waals surface area contributed by atoms with Gasteiger partial charge in [0.2, 0.25) is 0 Å². The first-order valence-electron chi connectivity index (χ1n) is 10.6. The quantitative estimate of drug-likeness (QED) is 0.353. The van der Waals surface area contributed by atoms with E-state index in [1.807, 2.05) is 6.07 Å². The molecule has 10 heteroatoms. The number of nitrogens with zero attached hydrogens (tertiary/aromatic N) is 3. The Bertz CT molecular complexity index is 1810. The largest absolute Gasteiger partial charge is 0.477 e. The lowest BCUT2D eigenvalue weighted by atomic mass is 10.1. The number of rotatable bonds is 5. The Kier molecular flexibility index (Phi) is 5.42. The summed E-state index contributed by atoms with van der Waals surface area (Å²) in [4.78, 5) is 19.2. The van der Waals surface area contributed by atoms with Crippen molar-refractivity contribution in [1.82, 2.24) is 9.97 Å². The van der Waals surface area contributed by atoms with Crippen LogP contribution in [0.3, 0.4) is 0 Å². The van der Waals surface area contributed by atoms with E-state index in [2.05, 4.69) is 9.97 Å². The van der Waals surface area contributed by atoms with E-state index in [1.165, 1.54) is 49.5 Å². The van der Waals surface area contributed by atoms with E-state index >= 15 is 0 Å². The number of pyridine rings is 1. The van der Waals surface area contributed by atoms with Gasteiger partial charge in [-0.25, -0.2) is 22.6 Å². The SMILES string of the molecule is CN(c1ccc(-c2nc(C(=O)O)cc3c2[nH]c2cc(F)ccc23)cc1)S(=O)(=O)c1ccc(C#N)cc1. The third-order valence-corrected chi connectivity index (χ3v) is 7.72. The number of halogens is 1. The van der Waals surface area contributed by atoms with Gasteiger partial charge in [0.25, 0.3) is 10.0 Å². The van der Waals surface area contributed by atoms with Gasteiger partial charge < -0.3 is 10.1 Å². The van der Waals surface area contributed by atoms with E-state index in [0.29, 0.717) is 44.3 Å². The molecule has 3 aromatic carbocycles. The Morgan fingerprint density at radius 1 is 1.03 bits per heavy atom. The van der Waals surface area contributed by atoms with Crippen LogP contribution in [0.4, 0.5) is 10.1 Å². The summed E-state index contributed by atoms with van der Waals surface area (Å²) < 4.78 is 41.0. The Morgan fingerprint density at radius 2 is 1.72 bits per heavy atom. The molecule has 0 amide bonds. The highest BCUT2D eigenvalue weighted by molar-refractivity contribution is 7.92. The monoisotopic (exact) mass is 500 g/mol. The average Bonchev–Trinajstić information content (AvgIpc) is 3.25. The van der Waals surface area contributed by atoms with Crippen LogP contribution in [-0.4, -0.2) is 36.5 Å². The van der Waals surface area contributed by atoms with Crippen LogP contribution in [0.15, 0.2) is 77.7 Å². The molecule has 2 N–H and O–H groups in total. The van der Waals surface area contributed by atoms with Gasteiger partial charge in [-0.3, -0.25) is 4.31 Å². The molecular weight excluding hydrogens is 483 g/mol. The number of aromatic amines is 1. The second-order valence-electron chi connectivity index (χ2n) is 8.05. The summed E-state index contributed by atoms with van der Waals surface area (Å²) in [6.07, 6.45) is 0. The van der Waals surface area contributed by atoms with Gasteiger partial charge in [0.1, 0.15) is 11.5 Å². The zero-order valence-electron chi connectivity index (χ0n) is 18.7. The molecule has 36 heavy (non-hydrogen) atoms. The van der Waals surface area contributed by atoms with Crippen molar-refractivity contribution in [3.8, 4) is 17.3 Å². The van der Waals surface area contributed by atoms with Gasteiger partial charge in [0.15, 0.2) is 0 Å². The number of nitriles is 1. The molecule has 0 aliphatic heterocycles. The molecule has 0 unspecified atom stereocenters. The number of carboxylic acids is 1. The summed E-state index contributed by atoms with van der Waals surface area (Å²) in [5.41, 5.74) is 2.46. The van der Waals surface area contributed by atoms with Gasteiger partial charge in [-0.2, -0.15) is 5.26 Å². The molecule has 0 fully saturated rings. The Labute approximate surface area is 204 Å². The van der Waals surface area contributed by atoms with Gasteiger partial charge in [0.05, 0.1) is 33.4 Å². The minimum absolute atomic E-state index is 0.0379. The maximum absolute atomic E-state index is 13.8. The number of carboxylic acid groups (broad SMARTS) is 1.